The molecule has 0 aromatic carbocycles. The maximum absolute atomic E-state index is 8.84. The van der Waals surface area contributed by atoms with Gasteiger partial charge in [0.05, 0.1) is 6.07 Å². The first-order valence-electron chi connectivity index (χ1n) is 4.63. The second-order valence-corrected chi connectivity index (χ2v) is 4.35. The summed E-state index contributed by atoms with van der Waals surface area (Å²) in [7, 11) is 0. The van der Waals surface area contributed by atoms with Crippen LogP contribution in [0.25, 0.3) is 0 Å². The lowest BCUT2D eigenvalue weighted by molar-refractivity contribution is 0.222. The Morgan fingerprint density at radius 1 is 1.18 bits per heavy atom. The number of hydrogen-bond donors (Lipinski definition) is 0. The molecule has 2 bridgehead atoms. The van der Waals surface area contributed by atoms with Crippen LogP contribution in [0.3, 0.4) is 0 Å². The van der Waals surface area contributed by atoms with Crippen LogP contribution in [0.5, 0.6) is 0 Å². The van der Waals surface area contributed by atoms with E-state index in [0.717, 1.165) is 23.7 Å². The Balaban J connectivity index is 2.17. The van der Waals surface area contributed by atoms with Gasteiger partial charge in [-0.05, 0) is 36.5 Å². The lowest BCUT2D eigenvalue weighted by Crippen LogP contribution is -2.23. The van der Waals surface area contributed by atoms with Crippen molar-refractivity contribution in [3.63, 3.8) is 0 Å². The minimum Gasteiger partial charge on any atom is -0.198 e. The monoisotopic (exact) mass is 149 g/mol. The molecule has 1 heteroatoms. The van der Waals surface area contributed by atoms with Crippen molar-refractivity contribution in [2.45, 2.75) is 26.7 Å². The summed E-state index contributed by atoms with van der Waals surface area (Å²) in [6.45, 7) is 4.67. The van der Waals surface area contributed by atoms with Gasteiger partial charge in [-0.1, -0.05) is 13.8 Å². The molecule has 2 saturated carbocycles. The zero-order chi connectivity index (χ0) is 8.01. The molecule has 0 amide bonds. The average molecular weight is 149 g/mol. The van der Waals surface area contributed by atoms with Gasteiger partial charge in [-0.3, -0.25) is 0 Å². The van der Waals surface area contributed by atoms with E-state index >= 15 is 0 Å². The maximum Gasteiger partial charge on any atom is 0.0658 e. The van der Waals surface area contributed by atoms with Gasteiger partial charge in [0.25, 0.3) is 0 Å². The Kier molecular flexibility index (Phi) is 1.45. The summed E-state index contributed by atoms with van der Waals surface area (Å²) in [6.07, 6.45) is 2.52. The summed E-state index contributed by atoms with van der Waals surface area (Å²) in [6, 6.07) is 2.45. The topological polar surface area (TPSA) is 23.8 Å². The Morgan fingerprint density at radius 3 is 2.36 bits per heavy atom. The van der Waals surface area contributed by atoms with E-state index in [4.69, 9.17) is 5.26 Å². The van der Waals surface area contributed by atoms with Gasteiger partial charge in [-0.25, -0.2) is 0 Å². The molecule has 0 N–H and O–H groups in total. The van der Waals surface area contributed by atoms with Crippen molar-refractivity contribution < 1.29 is 0 Å². The van der Waals surface area contributed by atoms with E-state index in [1.807, 2.05) is 0 Å². The van der Waals surface area contributed by atoms with Crippen LogP contribution in [0.1, 0.15) is 26.7 Å². The lowest BCUT2D eigenvalue weighted by Gasteiger charge is -2.27. The summed E-state index contributed by atoms with van der Waals surface area (Å²) in [4.78, 5) is 0. The summed E-state index contributed by atoms with van der Waals surface area (Å²) >= 11 is 0. The number of hydrogen-bond acceptors (Lipinski definition) is 1. The highest BCUT2D eigenvalue weighted by molar-refractivity contribution is 5.04. The van der Waals surface area contributed by atoms with Crippen molar-refractivity contribution in [2.24, 2.45) is 29.6 Å². The first-order chi connectivity index (χ1) is 5.24. The second kappa shape index (κ2) is 2.24. The fourth-order valence-corrected chi connectivity index (χ4v) is 3.09. The second-order valence-electron chi connectivity index (χ2n) is 4.35. The van der Waals surface area contributed by atoms with Crippen molar-refractivity contribution in [1.82, 2.24) is 0 Å². The molecule has 2 rings (SSSR count). The summed E-state index contributed by atoms with van der Waals surface area (Å²) in [5, 5.41) is 8.84. The quantitative estimate of drug-likeness (QED) is 0.519. The predicted octanol–water partition coefficient (Wildman–Crippen LogP) is 2.44. The van der Waals surface area contributed by atoms with E-state index in [-0.39, 0.29) is 0 Å². The molecule has 0 aromatic heterocycles. The molecule has 4 unspecified atom stereocenters. The number of nitrogens with zero attached hydrogens (tertiary/aromatic N) is 1. The Bertz CT molecular complexity index is 201. The van der Waals surface area contributed by atoms with Crippen LogP contribution in [-0.2, 0) is 0 Å². The van der Waals surface area contributed by atoms with Gasteiger partial charge < -0.3 is 0 Å². The minimum atomic E-state index is 0.395. The van der Waals surface area contributed by atoms with Crippen LogP contribution in [-0.4, -0.2) is 0 Å². The van der Waals surface area contributed by atoms with E-state index in [2.05, 4.69) is 19.9 Å². The molecular weight excluding hydrogens is 134 g/mol. The third-order valence-corrected chi connectivity index (χ3v) is 4.06. The van der Waals surface area contributed by atoms with Gasteiger partial charge >= 0.3 is 0 Å². The van der Waals surface area contributed by atoms with Crippen LogP contribution in [0.4, 0.5) is 0 Å². The van der Waals surface area contributed by atoms with Gasteiger partial charge in [-0.15, -0.1) is 0 Å². The van der Waals surface area contributed by atoms with E-state index in [9.17, 15) is 0 Å². The average Bonchev–Trinajstić information content (AvgIpc) is 2.53. The molecule has 0 heterocycles. The van der Waals surface area contributed by atoms with E-state index in [0.29, 0.717) is 5.92 Å². The van der Waals surface area contributed by atoms with Crippen LogP contribution in [0.2, 0.25) is 0 Å². The zero-order valence-corrected chi connectivity index (χ0v) is 7.25. The summed E-state index contributed by atoms with van der Waals surface area (Å²) in [5.74, 6) is 3.69. The molecule has 0 aromatic rings. The van der Waals surface area contributed by atoms with E-state index in [1.165, 1.54) is 12.8 Å². The van der Waals surface area contributed by atoms with Gasteiger partial charge in [0, 0.05) is 5.92 Å². The number of rotatable bonds is 0. The molecule has 1 nitrogen and oxygen atoms in total. The van der Waals surface area contributed by atoms with E-state index in [1.54, 1.807) is 0 Å². The smallest absolute Gasteiger partial charge is 0.0658 e. The molecule has 11 heavy (non-hydrogen) atoms. The highest BCUT2D eigenvalue weighted by Gasteiger charge is 2.48. The molecule has 60 valence electrons. The van der Waals surface area contributed by atoms with E-state index < -0.39 is 0 Å². The van der Waals surface area contributed by atoms with Crippen molar-refractivity contribution in [2.75, 3.05) is 0 Å². The Hall–Kier alpha value is -0.510. The van der Waals surface area contributed by atoms with Crippen molar-refractivity contribution in [3.8, 4) is 6.07 Å². The van der Waals surface area contributed by atoms with Gasteiger partial charge in [0.1, 0.15) is 0 Å². The summed E-state index contributed by atoms with van der Waals surface area (Å²) < 4.78 is 0. The van der Waals surface area contributed by atoms with Gasteiger partial charge in [0.15, 0.2) is 0 Å². The Morgan fingerprint density at radius 2 is 1.91 bits per heavy atom. The zero-order valence-electron chi connectivity index (χ0n) is 7.25. The fourth-order valence-electron chi connectivity index (χ4n) is 3.09. The Labute approximate surface area is 68.4 Å². The van der Waals surface area contributed by atoms with Gasteiger partial charge in [0.2, 0.25) is 0 Å². The first-order valence-corrected chi connectivity index (χ1v) is 4.63. The molecule has 0 saturated heterocycles. The van der Waals surface area contributed by atoms with Crippen LogP contribution < -0.4 is 0 Å². The highest BCUT2D eigenvalue weighted by Crippen LogP contribution is 2.54. The van der Waals surface area contributed by atoms with Crippen molar-refractivity contribution >= 4 is 0 Å². The molecule has 2 fully saturated rings. The van der Waals surface area contributed by atoms with Gasteiger partial charge in [-0.2, -0.15) is 5.26 Å². The normalized spacial score (nSPS) is 54.5. The van der Waals surface area contributed by atoms with Crippen molar-refractivity contribution in [1.29, 1.82) is 5.26 Å². The molecule has 0 aliphatic heterocycles. The van der Waals surface area contributed by atoms with Crippen LogP contribution in [0, 0.1) is 40.9 Å². The standard InChI is InChI=1S/C10H15N/c1-6-7(2)10-4-8(6)3-9(10)5-11/h6-10H,3-4H2,1-2H3/t6?,7?,8-,9?,10?/m1/s1. The first kappa shape index (κ1) is 7.16. The summed E-state index contributed by atoms with van der Waals surface area (Å²) in [5.41, 5.74) is 0. The molecular formula is C10H15N. The fraction of sp³-hybridized carbons (Fsp3) is 0.900. The SMILES string of the molecule is CC1C2C[C@@H](CC2C#N)C1C. The molecule has 0 radical (unpaired) electrons. The maximum atomic E-state index is 8.84. The predicted molar refractivity (Wildman–Crippen MR) is 43.6 cm³/mol. The molecule has 5 atom stereocenters. The molecule has 2 aliphatic carbocycles. The van der Waals surface area contributed by atoms with Crippen LogP contribution >= 0.6 is 0 Å². The minimum absolute atomic E-state index is 0.395. The third kappa shape index (κ3) is 0.819. The van der Waals surface area contributed by atoms with Crippen molar-refractivity contribution in [3.05, 3.63) is 0 Å². The molecule has 0 spiro atoms. The third-order valence-electron chi connectivity index (χ3n) is 4.06. The van der Waals surface area contributed by atoms with Crippen LogP contribution in [0.15, 0.2) is 0 Å². The lowest BCUT2D eigenvalue weighted by atomic mass is 9.76. The number of fused-ring (bicyclic) bond motifs is 2. The largest absolute Gasteiger partial charge is 0.198 e. The highest BCUT2D eigenvalue weighted by atomic mass is 14.5. The molecule has 2 aliphatic rings. The number of nitriles is 1.